The van der Waals surface area contributed by atoms with Crippen molar-refractivity contribution in [2.24, 2.45) is 0 Å². The third-order valence-electron chi connectivity index (χ3n) is 4.19. The topological polar surface area (TPSA) is 102 Å². The SMILES string of the molecule is COCCCNC(=O)c1ccc(-n2cc(OCc3ccc(C#N)cc3F)cn2)nc1. The molecule has 0 saturated heterocycles. The van der Waals surface area contributed by atoms with Crippen LogP contribution in [-0.2, 0) is 11.3 Å². The number of carbonyl (C=O) groups is 1. The largest absolute Gasteiger partial charge is 0.485 e. The Kier molecular flexibility index (Phi) is 7.08. The zero-order valence-electron chi connectivity index (χ0n) is 16.3. The average molecular weight is 409 g/mol. The molecule has 3 aromatic rings. The number of rotatable bonds is 9. The number of nitriles is 1. The molecule has 0 bridgehead atoms. The molecule has 30 heavy (non-hydrogen) atoms. The Hall–Kier alpha value is -3.77. The Morgan fingerprint density at radius 3 is 2.87 bits per heavy atom. The first-order chi connectivity index (χ1) is 14.6. The van der Waals surface area contributed by atoms with E-state index >= 15 is 0 Å². The number of hydrogen-bond donors (Lipinski definition) is 1. The Bertz CT molecular complexity index is 1040. The third-order valence-corrected chi connectivity index (χ3v) is 4.19. The van der Waals surface area contributed by atoms with E-state index in [2.05, 4.69) is 15.4 Å². The standard InChI is InChI=1S/C21H20FN5O3/c1-29-8-2-7-24-21(28)16-5-6-20(25-11-16)27-13-18(12-26-27)30-14-17-4-3-15(10-23)9-19(17)22/h3-6,9,11-13H,2,7-8,14H2,1H3,(H,24,28). The minimum atomic E-state index is -0.501. The Labute approximate surface area is 172 Å². The number of aromatic nitrogens is 3. The summed E-state index contributed by atoms with van der Waals surface area (Å²) in [5.74, 6) is 0.226. The van der Waals surface area contributed by atoms with Crippen molar-refractivity contribution in [1.29, 1.82) is 5.26 Å². The highest BCUT2D eigenvalue weighted by Crippen LogP contribution is 2.16. The molecule has 0 saturated carbocycles. The molecular weight excluding hydrogens is 389 g/mol. The number of hydrogen-bond acceptors (Lipinski definition) is 6. The predicted molar refractivity (Wildman–Crippen MR) is 106 cm³/mol. The maximum Gasteiger partial charge on any atom is 0.252 e. The minimum absolute atomic E-state index is 0.00115. The van der Waals surface area contributed by atoms with Crippen molar-refractivity contribution in [3.05, 3.63) is 71.4 Å². The van der Waals surface area contributed by atoms with Crippen LogP contribution in [0.3, 0.4) is 0 Å². The lowest BCUT2D eigenvalue weighted by atomic mass is 10.1. The summed E-state index contributed by atoms with van der Waals surface area (Å²) in [6.45, 7) is 1.10. The lowest BCUT2D eigenvalue weighted by Crippen LogP contribution is -2.25. The normalized spacial score (nSPS) is 10.4. The lowest BCUT2D eigenvalue weighted by Gasteiger charge is -2.06. The van der Waals surface area contributed by atoms with Gasteiger partial charge in [0, 0.05) is 32.0 Å². The fourth-order valence-corrected chi connectivity index (χ4v) is 2.58. The predicted octanol–water partition coefficient (Wildman–Crippen LogP) is 2.62. The first kappa shape index (κ1) is 21.0. The van der Waals surface area contributed by atoms with Crippen LogP contribution in [0.15, 0.2) is 48.9 Å². The molecule has 0 radical (unpaired) electrons. The molecule has 0 atom stereocenters. The summed E-state index contributed by atoms with van der Waals surface area (Å²) in [5.41, 5.74) is 1.03. The fraction of sp³-hybridized carbons (Fsp3) is 0.238. The number of carbonyl (C=O) groups excluding carboxylic acids is 1. The second-order valence-electron chi connectivity index (χ2n) is 6.33. The van der Waals surface area contributed by atoms with Crippen LogP contribution in [-0.4, -0.2) is 40.9 Å². The van der Waals surface area contributed by atoms with E-state index < -0.39 is 5.82 Å². The van der Waals surface area contributed by atoms with Gasteiger partial charge in [-0.25, -0.2) is 14.1 Å². The first-order valence-electron chi connectivity index (χ1n) is 9.20. The van der Waals surface area contributed by atoms with Crippen LogP contribution in [0.2, 0.25) is 0 Å². The third kappa shape index (κ3) is 5.40. The molecule has 1 amide bonds. The van der Waals surface area contributed by atoms with Gasteiger partial charge in [-0.3, -0.25) is 4.79 Å². The molecule has 9 heteroatoms. The molecule has 1 N–H and O–H groups in total. The van der Waals surface area contributed by atoms with Crippen LogP contribution >= 0.6 is 0 Å². The summed E-state index contributed by atoms with van der Waals surface area (Å²) in [4.78, 5) is 16.3. The summed E-state index contributed by atoms with van der Waals surface area (Å²) in [5, 5.41) is 15.7. The van der Waals surface area contributed by atoms with Gasteiger partial charge in [-0.05, 0) is 30.7 Å². The van der Waals surface area contributed by atoms with Gasteiger partial charge in [0.1, 0.15) is 12.4 Å². The summed E-state index contributed by atoms with van der Waals surface area (Å²) in [6, 6.07) is 9.42. The molecule has 0 fully saturated rings. The van der Waals surface area contributed by atoms with Crippen molar-refractivity contribution in [1.82, 2.24) is 20.1 Å². The van der Waals surface area contributed by atoms with Crippen LogP contribution < -0.4 is 10.1 Å². The van der Waals surface area contributed by atoms with Gasteiger partial charge < -0.3 is 14.8 Å². The van der Waals surface area contributed by atoms with E-state index in [-0.39, 0.29) is 18.1 Å². The number of pyridine rings is 1. The average Bonchev–Trinajstić information content (AvgIpc) is 3.25. The first-order valence-corrected chi connectivity index (χ1v) is 9.20. The maximum atomic E-state index is 13.9. The molecule has 8 nitrogen and oxygen atoms in total. The van der Waals surface area contributed by atoms with E-state index in [9.17, 15) is 9.18 Å². The van der Waals surface area contributed by atoms with Gasteiger partial charge in [0.2, 0.25) is 0 Å². The molecule has 0 aliphatic heterocycles. The molecule has 1 aromatic carbocycles. The van der Waals surface area contributed by atoms with Gasteiger partial charge in [-0.2, -0.15) is 10.4 Å². The van der Waals surface area contributed by atoms with E-state index in [1.165, 1.54) is 35.3 Å². The minimum Gasteiger partial charge on any atom is -0.485 e. The van der Waals surface area contributed by atoms with E-state index in [1.54, 1.807) is 25.4 Å². The van der Waals surface area contributed by atoms with Gasteiger partial charge in [0.15, 0.2) is 11.6 Å². The molecule has 0 aliphatic carbocycles. The van der Waals surface area contributed by atoms with Gasteiger partial charge in [0.05, 0.1) is 29.6 Å². The zero-order valence-corrected chi connectivity index (χ0v) is 16.3. The van der Waals surface area contributed by atoms with Gasteiger partial charge in [-0.15, -0.1) is 0 Å². The van der Waals surface area contributed by atoms with Crippen molar-refractivity contribution in [3.8, 4) is 17.6 Å². The van der Waals surface area contributed by atoms with E-state index in [0.29, 0.717) is 35.8 Å². The molecule has 3 rings (SSSR count). The molecule has 154 valence electrons. The molecule has 0 unspecified atom stereocenters. The van der Waals surface area contributed by atoms with Crippen LogP contribution in [0.5, 0.6) is 5.75 Å². The highest BCUT2D eigenvalue weighted by Gasteiger charge is 2.09. The van der Waals surface area contributed by atoms with Crippen molar-refractivity contribution < 1.29 is 18.7 Å². The van der Waals surface area contributed by atoms with Crippen LogP contribution in [0.1, 0.15) is 27.9 Å². The summed E-state index contributed by atoms with van der Waals surface area (Å²) < 4.78 is 25.9. The molecule has 0 aliphatic rings. The van der Waals surface area contributed by atoms with Gasteiger partial charge >= 0.3 is 0 Å². The monoisotopic (exact) mass is 409 g/mol. The van der Waals surface area contributed by atoms with Crippen LogP contribution in [0.4, 0.5) is 4.39 Å². The summed E-state index contributed by atoms with van der Waals surface area (Å²) in [7, 11) is 1.61. The highest BCUT2D eigenvalue weighted by atomic mass is 19.1. The second kappa shape index (κ2) is 10.1. The highest BCUT2D eigenvalue weighted by molar-refractivity contribution is 5.93. The molecule has 2 aromatic heterocycles. The Balaban J connectivity index is 1.58. The van der Waals surface area contributed by atoms with Crippen molar-refractivity contribution in [2.75, 3.05) is 20.3 Å². The number of amides is 1. The lowest BCUT2D eigenvalue weighted by molar-refractivity contribution is 0.0948. The smallest absolute Gasteiger partial charge is 0.252 e. The van der Waals surface area contributed by atoms with E-state index in [1.807, 2.05) is 6.07 Å². The summed E-state index contributed by atoms with van der Waals surface area (Å²) in [6.07, 6.45) is 5.29. The van der Waals surface area contributed by atoms with Gasteiger partial charge in [0.25, 0.3) is 5.91 Å². The molecular formula is C21H20FN5O3. The number of nitrogens with one attached hydrogen (secondary N) is 1. The Morgan fingerprint density at radius 1 is 1.30 bits per heavy atom. The Morgan fingerprint density at radius 2 is 2.17 bits per heavy atom. The zero-order chi connectivity index (χ0) is 21.3. The number of methoxy groups -OCH3 is 1. The van der Waals surface area contributed by atoms with E-state index in [0.717, 1.165) is 6.42 Å². The number of halogens is 1. The summed E-state index contributed by atoms with van der Waals surface area (Å²) >= 11 is 0. The van der Waals surface area contributed by atoms with Crippen molar-refractivity contribution in [3.63, 3.8) is 0 Å². The van der Waals surface area contributed by atoms with Crippen molar-refractivity contribution >= 4 is 5.91 Å². The van der Waals surface area contributed by atoms with Crippen molar-refractivity contribution in [2.45, 2.75) is 13.0 Å². The van der Waals surface area contributed by atoms with Crippen LogP contribution in [0.25, 0.3) is 5.82 Å². The van der Waals surface area contributed by atoms with Gasteiger partial charge in [-0.1, -0.05) is 6.07 Å². The number of benzene rings is 1. The second-order valence-corrected chi connectivity index (χ2v) is 6.33. The number of ether oxygens (including phenoxy) is 2. The quantitative estimate of drug-likeness (QED) is 0.545. The van der Waals surface area contributed by atoms with Crippen LogP contribution in [0, 0.1) is 17.1 Å². The molecule has 0 spiro atoms. The van der Waals surface area contributed by atoms with E-state index in [4.69, 9.17) is 14.7 Å². The maximum absolute atomic E-state index is 13.9. The molecule has 2 heterocycles. The number of nitrogens with zero attached hydrogens (tertiary/aromatic N) is 4. The fourth-order valence-electron chi connectivity index (χ4n) is 2.58.